The van der Waals surface area contributed by atoms with Crippen LogP contribution < -0.4 is 14.6 Å². The Kier molecular flexibility index (Phi) is 4.74. The van der Waals surface area contributed by atoms with Crippen molar-refractivity contribution in [2.45, 2.75) is 0 Å². The maximum absolute atomic E-state index is 14.7. The molecule has 0 atom stereocenters. The molecule has 146 valence electrons. The van der Waals surface area contributed by atoms with Gasteiger partial charge in [0.25, 0.3) is 0 Å². The van der Waals surface area contributed by atoms with Gasteiger partial charge in [0.1, 0.15) is 0 Å². The Balaban J connectivity index is 1.61. The Bertz CT molecular complexity index is 1150. The average molecular weight is 408 g/mol. The maximum Gasteiger partial charge on any atom is 0.300 e. The van der Waals surface area contributed by atoms with Crippen molar-refractivity contribution >= 4 is 24.1 Å². The molecule has 0 radical (unpaired) electrons. The first-order chi connectivity index (χ1) is 14.8. The van der Waals surface area contributed by atoms with Gasteiger partial charge in [0.05, 0.1) is 5.30 Å². The minimum absolute atomic E-state index is 0.792. The van der Waals surface area contributed by atoms with Crippen LogP contribution >= 0.6 is 7.44 Å². The molecule has 5 rings (SSSR count). The Hall–Kier alpha value is -3.55. The van der Waals surface area contributed by atoms with E-state index >= 15 is 0 Å². The third kappa shape index (κ3) is 3.14. The summed E-state index contributed by atoms with van der Waals surface area (Å²) in [7, 11) is -3.14. The summed E-state index contributed by atoms with van der Waals surface area (Å²) in [6, 6.07) is 38.1. The highest BCUT2D eigenvalue weighted by atomic mass is 31.2. The van der Waals surface area contributed by atoms with E-state index in [4.69, 9.17) is 0 Å². The molecule has 0 fully saturated rings. The lowest BCUT2D eigenvalue weighted by Gasteiger charge is -2.33. The van der Waals surface area contributed by atoms with Gasteiger partial charge in [-0.25, -0.2) is 0 Å². The highest BCUT2D eigenvalue weighted by Crippen LogP contribution is 2.59. The van der Waals surface area contributed by atoms with Gasteiger partial charge in [-0.1, -0.05) is 78.9 Å². The fraction of sp³-hybridized carbons (Fsp3) is 0. The molecule has 0 bridgehead atoms. The molecule has 0 saturated heterocycles. The third-order valence-corrected chi connectivity index (χ3v) is 8.15. The minimum atomic E-state index is -3.14. The van der Waals surface area contributed by atoms with E-state index in [1.807, 2.05) is 113 Å². The SMILES string of the molecule is O=P1(c2ccc(-c3ccccc3)cc2)N(c2ccccc2)C=CN1c1ccccc1. The van der Waals surface area contributed by atoms with Crippen LogP contribution in [-0.4, -0.2) is 0 Å². The Morgan fingerprint density at radius 1 is 0.467 bits per heavy atom. The van der Waals surface area contributed by atoms with E-state index in [0.29, 0.717) is 0 Å². The van der Waals surface area contributed by atoms with Crippen LogP contribution in [0.3, 0.4) is 0 Å². The summed E-state index contributed by atoms with van der Waals surface area (Å²) in [5.74, 6) is 0. The number of para-hydroxylation sites is 2. The average Bonchev–Trinajstić information content (AvgIpc) is 3.19. The molecule has 4 aromatic carbocycles. The van der Waals surface area contributed by atoms with Gasteiger partial charge in [-0.05, 0) is 47.5 Å². The second-order valence-corrected chi connectivity index (χ2v) is 9.58. The monoisotopic (exact) mass is 408 g/mol. The van der Waals surface area contributed by atoms with Crippen LogP contribution in [0.2, 0.25) is 0 Å². The van der Waals surface area contributed by atoms with E-state index in [9.17, 15) is 4.57 Å². The third-order valence-electron chi connectivity index (χ3n) is 5.29. The fourth-order valence-electron chi connectivity index (χ4n) is 3.78. The molecule has 30 heavy (non-hydrogen) atoms. The number of hydrogen-bond acceptors (Lipinski definition) is 1. The van der Waals surface area contributed by atoms with Gasteiger partial charge in [0.15, 0.2) is 0 Å². The minimum Gasteiger partial charge on any atom is -0.277 e. The molecule has 0 aromatic heterocycles. The van der Waals surface area contributed by atoms with Gasteiger partial charge in [-0.3, -0.25) is 13.9 Å². The molecule has 3 nitrogen and oxygen atoms in total. The first kappa shape index (κ1) is 18.5. The lowest BCUT2D eigenvalue weighted by atomic mass is 10.1. The molecule has 0 amide bonds. The van der Waals surface area contributed by atoms with Crippen LogP contribution in [0.5, 0.6) is 0 Å². The fourth-order valence-corrected chi connectivity index (χ4v) is 6.40. The maximum atomic E-state index is 14.7. The van der Waals surface area contributed by atoms with Crippen molar-refractivity contribution in [3.05, 3.63) is 128 Å². The zero-order chi connectivity index (χ0) is 20.4. The normalized spacial score (nSPS) is 14.8. The lowest BCUT2D eigenvalue weighted by Crippen LogP contribution is -2.26. The molecule has 4 heteroatoms. The summed E-state index contributed by atoms with van der Waals surface area (Å²) >= 11 is 0. The van der Waals surface area contributed by atoms with Gasteiger partial charge in [0, 0.05) is 23.8 Å². The molecule has 0 N–H and O–H groups in total. The Morgan fingerprint density at radius 3 is 1.33 bits per heavy atom. The molecular weight excluding hydrogens is 387 g/mol. The van der Waals surface area contributed by atoms with Gasteiger partial charge in [0.2, 0.25) is 0 Å². The summed E-state index contributed by atoms with van der Waals surface area (Å²) in [5.41, 5.74) is 4.06. The van der Waals surface area contributed by atoms with Crippen LogP contribution in [0, 0.1) is 0 Å². The van der Waals surface area contributed by atoms with Crippen LogP contribution in [0.15, 0.2) is 128 Å². The number of benzene rings is 4. The number of anilines is 2. The predicted molar refractivity (Wildman–Crippen MR) is 126 cm³/mol. The number of rotatable bonds is 4. The quantitative estimate of drug-likeness (QED) is 0.352. The summed E-state index contributed by atoms with van der Waals surface area (Å²) in [6.45, 7) is 0. The van der Waals surface area contributed by atoms with E-state index in [-0.39, 0.29) is 0 Å². The topological polar surface area (TPSA) is 23.6 Å². The van der Waals surface area contributed by atoms with Gasteiger partial charge in [-0.15, -0.1) is 0 Å². The van der Waals surface area contributed by atoms with E-state index < -0.39 is 7.44 Å². The lowest BCUT2D eigenvalue weighted by molar-refractivity contribution is 0.582. The molecule has 4 aromatic rings. The molecule has 0 aliphatic carbocycles. The molecule has 0 saturated carbocycles. The standard InChI is InChI=1S/C26H21N2OP/c29-30(26-18-16-23(17-19-26)22-10-4-1-5-11-22)27(24-12-6-2-7-13-24)20-21-28(30)25-14-8-3-9-15-25/h1-21H. The Morgan fingerprint density at radius 2 is 0.867 bits per heavy atom. The summed E-state index contributed by atoms with van der Waals surface area (Å²) in [6.07, 6.45) is 3.82. The van der Waals surface area contributed by atoms with Crippen molar-refractivity contribution in [3.8, 4) is 11.1 Å². The summed E-state index contributed by atoms with van der Waals surface area (Å²) in [5, 5.41) is 0.792. The van der Waals surface area contributed by atoms with Crippen molar-refractivity contribution < 1.29 is 4.57 Å². The first-order valence-corrected chi connectivity index (χ1v) is 11.5. The van der Waals surface area contributed by atoms with E-state index in [0.717, 1.165) is 27.8 Å². The molecule has 1 heterocycles. The van der Waals surface area contributed by atoms with Crippen molar-refractivity contribution in [1.29, 1.82) is 0 Å². The van der Waals surface area contributed by atoms with Gasteiger partial charge >= 0.3 is 7.44 Å². The zero-order valence-corrected chi connectivity index (χ0v) is 17.3. The summed E-state index contributed by atoms with van der Waals surface area (Å²) in [4.78, 5) is 0. The van der Waals surface area contributed by atoms with Crippen molar-refractivity contribution in [3.63, 3.8) is 0 Å². The number of nitrogens with zero attached hydrogens (tertiary/aromatic N) is 2. The van der Waals surface area contributed by atoms with Crippen molar-refractivity contribution in [2.24, 2.45) is 0 Å². The van der Waals surface area contributed by atoms with Crippen LogP contribution in [-0.2, 0) is 4.57 Å². The smallest absolute Gasteiger partial charge is 0.277 e. The highest BCUT2D eigenvalue weighted by Gasteiger charge is 2.42. The Labute approximate surface area is 177 Å². The largest absolute Gasteiger partial charge is 0.300 e. The number of hydrogen-bond donors (Lipinski definition) is 0. The highest BCUT2D eigenvalue weighted by molar-refractivity contribution is 7.75. The summed E-state index contributed by atoms with van der Waals surface area (Å²) < 4.78 is 18.5. The molecular formula is C26H21N2OP. The molecule has 1 aliphatic rings. The van der Waals surface area contributed by atoms with Crippen molar-refractivity contribution in [2.75, 3.05) is 9.34 Å². The molecule has 0 unspecified atom stereocenters. The van der Waals surface area contributed by atoms with Crippen LogP contribution in [0.4, 0.5) is 11.4 Å². The van der Waals surface area contributed by atoms with Crippen molar-refractivity contribution in [1.82, 2.24) is 0 Å². The second-order valence-electron chi connectivity index (χ2n) is 7.12. The van der Waals surface area contributed by atoms with Gasteiger partial charge < -0.3 is 0 Å². The second kappa shape index (κ2) is 7.70. The van der Waals surface area contributed by atoms with Gasteiger partial charge in [-0.2, -0.15) is 0 Å². The van der Waals surface area contributed by atoms with E-state index in [1.165, 1.54) is 0 Å². The van der Waals surface area contributed by atoms with Crippen LogP contribution in [0.1, 0.15) is 0 Å². The molecule has 0 spiro atoms. The van der Waals surface area contributed by atoms with E-state index in [1.54, 1.807) is 0 Å². The first-order valence-electron chi connectivity index (χ1n) is 9.91. The van der Waals surface area contributed by atoms with Crippen LogP contribution in [0.25, 0.3) is 11.1 Å². The predicted octanol–water partition coefficient (Wildman–Crippen LogP) is 6.67. The molecule has 1 aliphatic heterocycles. The zero-order valence-electron chi connectivity index (χ0n) is 16.4. The van der Waals surface area contributed by atoms with E-state index in [2.05, 4.69) is 24.3 Å².